The molecule has 0 N–H and O–H groups in total. The number of aromatic nitrogens is 8. The molecule has 2 atom stereocenters. The quantitative estimate of drug-likeness (QED) is 0.364. The Kier molecular flexibility index (Phi) is 6.26. The van der Waals surface area contributed by atoms with Crippen LogP contribution in [-0.2, 0) is 9.47 Å². The van der Waals surface area contributed by atoms with Gasteiger partial charge < -0.3 is 9.47 Å². The first-order valence-electron chi connectivity index (χ1n) is 11.7. The number of fused-ring (bicyclic) bond motifs is 2. The number of ether oxygens (including phenoxy) is 2. The van der Waals surface area contributed by atoms with Crippen LogP contribution in [0.4, 0.5) is 0 Å². The van der Waals surface area contributed by atoms with Crippen molar-refractivity contribution < 1.29 is 9.47 Å². The molecule has 2 fully saturated rings. The zero-order chi connectivity index (χ0) is 23.1. The van der Waals surface area contributed by atoms with Crippen LogP contribution in [0.25, 0.3) is 19.9 Å². The van der Waals surface area contributed by atoms with E-state index in [1.165, 1.54) is 22.7 Å². The second-order valence-corrected chi connectivity index (χ2v) is 10.9. The summed E-state index contributed by atoms with van der Waals surface area (Å²) in [6, 6.07) is 0. The summed E-state index contributed by atoms with van der Waals surface area (Å²) in [7, 11) is 0. The number of rotatable bonds is 7. The van der Waals surface area contributed by atoms with Crippen LogP contribution >= 0.6 is 22.7 Å². The van der Waals surface area contributed by atoms with Gasteiger partial charge in [0.1, 0.15) is 0 Å². The second-order valence-electron chi connectivity index (χ2n) is 8.95. The van der Waals surface area contributed by atoms with Gasteiger partial charge in [-0.15, -0.1) is 20.4 Å². The second kappa shape index (κ2) is 9.51. The van der Waals surface area contributed by atoms with Gasteiger partial charge in [0.25, 0.3) is 0 Å². The van der Waals surface area contributed by atoms with Crippen molar-refractivity contribution in [2.75, 3.05) is 65.7 Å². The van der Waals surface area contributed by atoms with Crippen LogP contribution in [0.2, 0.25) is 0 Å². The SMILES string of the molecule is CC(CN1CCOCC1)c1nnc2sc(-c3nn4c(C(C)CN5CCOCC5)nnc4s3)nn12. The predicted molar refractivity (Wildman–Crippen MR) is 128 cm³/mol. The van der Waals surface area contributed by atoms with Crippen LogP contribution in [0.15, 0.2) is 0 Å². The van der Waals surface area contributed by atoms with Crippen molar-refractivity contribution in [3.05, 3.63) is 11.6 Å². The Hall–Kier alpha value is -2.10. The van der Waals surface area contributed by atoms with Gasteiger partial charge in [-0.25, -0.2) is 0 Å². The lowest BCUT2D eigenvalue weighted by Gasteiger charge is -2.28. The lowest BCUT2D eigenvalue weighted by Crippen LogP contribution is -2.38. The predicted octanol–water partition coefficient (Wildman–Crippen LogP) is 1.22. The molecule has 182 valence electrons. The maximum Gasteiger partial charge on any atom is 0.235 e. The van der Waals surface area contributed by atoms with E-state index in [0.29, 0.717) is 0 Å². The van der Waals surface area contributed by atoms with E-state index in [9.17, 15) is 0 Å². The number of morpholine rings is 2. The third-order valence-corrected chi connectivity index (χ3v) is 8.31. The lowest BCUT2D eigenvalue weighted by atomic mass is 10.1. The smallest absolute Gasteiger partial charge is 0.235 e. The molecular weight excluding hydrogens is 476 g/mol. The fourth-order valence-electron chi connectivity index (χ4n) is 4.56. The molecular formula is C20H28N10O2S2. The Balaban J connectivity index is 1.22. The summed E-state index contributed by atoms with van der Waals surface area (Å²) >= 11 is 3.01. The van der Waals surface area contributed by atoms with Crippen molar-refractivity contribution in [2.45, 2.75) is 25.7 Å². The molecule has 0 radical (unpaired) electrons. The molecule has 0 bridgehead atoms. The van der Waals surface area contributed by atoms with Crippen LogP contribution < -0.4 is 0 Å². The van der Waals surface area contributed by atoms with Crippen molar-refractivity contribution in [3.8, 4) is 10.0 Å². The molecule has 0 amide bonds. The molecule has 4 aromatic heterocycles. The van der Waals surface area contributed by atoms with E-state index >= 15 is 0 Å². The topological polar surface area (TPSA) is 111 Å². The van der Waals surface area contributed by atoms with Gasteiger partial charge in [-0.2, -0.15) is 19.2 Å². The molecule has 0 aromatic carbocycles. The maximum atomic E-state index is 5.46. The third-order valence-electron chi connectivity index (χ3n) is 6.37. The number of hydrogen-bond donors (Lipinski definition) is 0. The van der Waals surface area contributed by atoms with Gasteiger partial charge in [0.05, 0.1) is 26.4 Å². The van der Waals surface area contributed by atoms with Gasteiger partial charge in [-0.3, -0.25) is 9.80 Å². The summed E-state index contributed by atoms with van der Waals surface area (Å²) in [5.74, 6) is 2.20. The van der Waals surface area contributed by atoms with Crippen LogP contribution in [0.5, 0.6) is 0 Å². The fraction of sp³-hybridized carbons (Fsp3) is 0.700. The first kappa shape index (κ1) is 22.4. The van der Waals surface area contributed by atoms with E-state index in [0.717, 1.165) is 97.3 Å². The summed E-state index contributed by atoms with van der Waals surface area (Å²) in [4.78, 5) is 6.38. The Morgan fingerprint density at radius 1 is 0.676 bits per heavy atom. The number of nitrogens with zero attached hydrogens (tertiary/aromatic N) is 10. The Labute approximate surface area is 204 Å². The van der Waals surface area contributed by atoms with Crippen molar-refractivity contribution in [3.63, 3.8) is 0 Å². The summed E-state index contributed by atoms with van der Waals surface area (Å²) in [6.45, 7) is 13.1. The average Bonchev–Trinajstić information content (AvgIpc) is 3.60. The monoisotopic (exact) mass is 504 g/mol. The van der Waals surface area contributed by atoms with Gasteiger partial charge in [0.2, 0.25) is 9.92 Å². The summed E-state index contributed by atoms with van der Waals surface area (Å²) in [6.07, 6.45) is 0. The summed E-state index contributed by atoms with van der Waals surface area (Å²) < 4.78 is 14.7. The van der Waals surface area contributed by atoms with Gasteiger partial charge >= 0.3 is 0 Å². The Morgan fingerprint density at radius 2 is 1.09 bits per heavy atom. The van der Waals surface area contributed by atoms with Crippen molar-refractivity contribution >= 4 is 32.6 Å². The molecule has 12 nitrogen and oxygen atoms in total. The van der Waals surface area contributed by atoms with E-state index in [1.807, 2.05) is 9.03 Å². The maximum absolute atomic E-state index is 5.46. The highest BCUT2D eigenvalue weighted by Gasteiger charge is 2.25. The highest BCUT2D eigenvalue weighted by Crippen LogP contribution is 2.31. The minimum Gasteiger partial charge on any atom is -0.379 e. The minimum absolute atomic E-state index is 0.216. The van der Waals surface area contributed by atoms with Crippen molar-refractivity contribution in [1.82, 2.24) is 49.4 Å². The van der Waals surface area contributed by atoms with Gasteiger partial charge in [-0.05, 0) is 0 Å². The van der Waals surface area contributed by atoms with Gasteiger partial charge in [0, 0.05) is 51.1 Å². The summed E-state index contributed by atoms with van der Waals surface area (Å²) in [5, 5.41) is 28.9. The molecule has 2 aliphatic heterocycles. The lowest BCUT2D eigenvalue weighted by molar-refractivity contribution is 0.0353. The molecule has 2 saturated heterocycles. The largest absolute Gasteiger partial charge is 0.379 e. The Bertz CT molecular complexity index is 1160. The molecule has 2 aliphatic rings. The van der Waals surface area contributed by atoms with Gasteiger partial charge in [-0.1, -0.05) is 36.5 Å². The van der Waals surface area contributed by atoms with E-state index in [1.54, 1.807) is 0 Å². The molecule has 34 heavy (non-hydrogen) atoms. The highest BCUT2D eigenvalue weighted by atomic mass is 32.1. The molecule has 0 saturated carbocycles. The van der Waals surface area contributed by atoms with Crippen LogP contribution in [0.1, 0.15) is 37.3 Å². The first-order valence-corrected chi connectivity index (χ1v) is 13.3. The zero-order valence-electron chi connectivity index (χ0n) is 19.3. The fourth-order valence-corrected chi connectivity index (χ4v) is 6.26. The van der Waals surface area contributed by atoms with Crippen LogP contribution in [-0.4, -0.2) is 115 Å². The molecule has 2 unspecified atom stereocenters. The van der Waals surface area contributed by atoms with Crippen molar-refractivity contribution in [1.29, 1.82) is 0 Å². The first-order chi connectivity index (χ1) is 16.7. The standard InChI is InChI=1S/C20H28N10O2S2/c1-13(11-27-3-7-31-8-4-27)15-21-23-19-29(15)25-17(33-19)18-26-30-16(22-24-20(30)34-18)14(2)12-28-5-9-32-10-6-28/h13-14H,3-12H2,1-2H3. The Morgan fingerprint density at radius 3 is 1.50 bits per heavy atom. The third kappa shape index (κ3) is 4.33. The van der Waals surface area contributed by atoms with Crippen LogP contribution in [0, 0.1) is 0 Å². The van der Waals surface area contributed by atoms with Crippen molar-refractivity contribution in [2.24, 2.45) is 0 Å². The molecule has 14 heteroatoms. The van der Waals surface area contributed by atoms with E-state index in [2.05, 4.69) is 44.0 Å². The van der Waals surface area contributed by atoms with E-state index in [4.69, 9.17) is 19.7 Å². The van der Waals surface area contributed by atoms with E-state index < -0.39 is 0 Å². The number of hydrogen-bond acceptors (Lipinski definition) is 12. The normalized spacial score (nSPS) is 20.4. The van der Waals surface area contributed by atoms with Gasteiger partial charge in [0.15, 0.2) is 21.7 Å². The highest BCUT2D eigenvalue weighted by molar-refractivity contribution is 7.26. The molecule has 6 heterocycles. The van der Waals surface area contributed by atoms with Crippen LogP contribution in [0.3, 0.4) is 0 Å². The average molecular weight is 505 g/mol. The summed E-state index contributed by atoms with van der Waals surface area (Å²) in [5.41, 5.74) is 0. The molecule has 0 spiro atoms. The molecule has 0 aliphatic carbocycles. The zero-order valence-corrected chi connectivity index (χ0v) is 21.0. The molecule has 4 aromatic rings. The molecule has 6 rings (SSSR count). The minimum atomic E-state index is 0.216. The van der Waals surface area contributed by atoms with E-state index in [-0.39, 0.29) is 11.8 Å².